The molecule has 0 bridgehead atoms. The maximum atomic E-state index is 13.5. The second kappa shape index (κ2) is 10.9. The van der Waals surface area contributed by atoms with E-state index in [4.69, 9.17) is 18.3 Å². The van der Waals surface area contributed by atoms with Gasteiger partial charge >= 0.3 is 11.9 Å². The van der Waals surface area contributed by atoms with Gasteiger partial charge in [-0.3, -0.25) is 4.79 Å². The Morgan fingerprint density at radius 3 is 2.14 bits per heavy atom. The number of hydrogen-bond acceptors (Lipinski definition) is 7. The minimum atomic E-state index is -2.07. The summed E-state index contributed by atoms with van der Waals surface area (Å²) in [6, 6.07) is 4.54. The Bertz CT molecular complexity index is 1030. The highest BCUT2D eigenvalue weighted by molar-refractivity contribution is 6.73. The van der Waals surface area contributed by atoms with Crippen LogP contribution in [0.25, 0.3) is 0 Å². The summed E-state index contributed by atoms with van der Waals surface area (Å²) in [5.41, 5.74) is -0.144. The average Bonchev–Trinajstić information content (AvgIpc) is 3.41. The van der Waals surface area contributed by atoms with E-state index in [1.54, 1.807) is 6.07 Å². The van der Waals surface area contributed by atoms with Crippen LogP contribution in [-0.4, -0.2) is 46.4 Å². The smallest absolute Gasteiger partial charge is 0.333 e. The minimum Gasteiger partial charge on any atom is -0.472 e. The number of Topliss-reactive ketones (excluding diaryl/α,β-unsaturated/α-hetero) is 1. The first-order valence-electron chi connectivity index (χ1n) is 12.9. The lowest BCUT2D eigenvalue weighted by atomic mass is 9.48. The Morgan fingerprint density at radius 1 is 1.00 bits per heavy atom. The maximum absolute atomic E-state index is 13.5. The van der Waals surface area contributed by atoms with Crippen molar-refractivity contribution >= 4 is 26.0 Å². The number of allylic oxidation sites excluding steroid dienone is 1. The number of esters is 2. The molecule has 7 nitrogen and oxygen atoms in total. The molecule has 36 heavy (non-hydrogen) atoms. The predicted octanol–water partition coefficient (Wildman–Crippen LogP) is 5.88. The van der Waals surface area contributed by atoms with Crippen LogP contribution in [0.1, 0.15) is 64.2 Å². The van der Waals surface area contributed by atoms with E-state index in [-0.39, 0.29) is 30.2 Å². The molecule has 2 aliphatic rings. The van der Waals surface area contributed by atoms with Gasteiger partial charge in [-0.05, 0) is 37.0 Å². The monoisotopic (exact) mass is 516 g/mol. The van der Waals surface area contributed by atoms with Crippen LogP contribution in [0.2, 0.25) is 18.1 Å². The number of ketones is 1. The molecule has 198 valence electrons. The molecule has 3 rings (SSSR count). The first-order valence-corrected chi connectivity index (χ1v) is 15.4. The first-order chi connectivity index (χ1) is 17.1. The molecule has 1 aromatic rings. The van der Waals surface area contributed by atoms with Crippen molar-refractivity contribution in [3.63, 3.8) is 0 Å². The van der Waals surface area contributed by atoms with Crippen LogP contribution in [0.15, 0.2) is 46.3 Å². The number of hydrogen-bond donors (Lipinski definition) is 0. The van der Waals surface area contributed by atoms with Gasteiger partial charge in [-0.1, -0.05) is 46.8 Å². The molecule has 0 fully saturated rings. The summed E-state index contributed by atoms with van der Waals surface area (Å²) in [6.07, 6.45) is 7.43. The number of furan rings is 1. The van der Waals surface area contributed by atoms with Crippen molar-refractivity contribution in [1.29, 1.82) is 0 Å². The molecule has 4 atom stereocenters. The van der Waals surface area contributed by atoms with E-state index in [2.05, 4.69) is 20.8 Å². The van der Waals surface area contributed by atoms with Crippen molar-refractivity contribution < 1.29 is 32.7 Å². The highest BCUT2D eigenvalue weighted by Crippen LogP contribution is 2.61. The molecule has 0 saturated carbocycles. The van der Waals surface area contributed by atoms with Crippen LogP contribution < -0.4 is 0 Å². The molecule has 2 aliphatic carbocycles. The van der Waals surface area contributed by atoms with Crippen LogP contribution >= 0.6 is 0 Å². The highest BCUT2D eigenvalue weighted by Gasteiger charge is 2.60. The van der Waals surface area contributed by atoms with Gasteiger partial charge in [0.2, 0.25) is 0 Å². The number of carbonyl (C=O) groups is 3. The minimum absolute atomic E-state index is 0.0565. The molecule has 1 heterocycles. The second-order valence-corrected chi connectivity index (χ2v) is 15.2. The van der Waals surface area contributed by atoms with Gasteiger partial charge in [0.05, 0.1) is 32.2 Å². The molecule has 0 spiro atoms. The number of methoxy groups -OCH3 is 2. The summed E-state index contributed by atoms with van der Waals surface area (Å²) in [7, 11) is 0.671. The summed E-state index contributed by atoms with van der Waals surface area (Å²) in [5, 5.41) is 0. The summed E-state index contributed by atoms with van der Waals surface area (Å²) in [6.45, 7) is 10.5. The predicted molar refractivity (Wildman–Crippen MR) is 139 cm³/mol. The molecule has 8 heteroatoms. The third-order valence-electron chi connectivity index (χ3n) is 8.78. The second-order valence-electron chi connectivity index (χ2n) is 10.5. The van der Waals surface area contributed by atoms with Gasteiger partial charge in [-0.2, -0.15) is 0 Å². The van der Waals surface area contributed by atoms with Gasteiger partial charge in [0.25, 0.3) is 0 Å². The van der Waals surface area contributed by atoms with Gasteiger partial charge in [0, 0.05) is 34.3 Å². The largest absolute Gasteiger partial charge is 0.472 e. The van der Waals surface area contributed by atoms with Crippen molar-refractivity contribution in [3.8, 4) is 0 Å². The summed E-state index contributed by atoms with van der Waals surface area (Å²) in [4.78, 5) is 39.5. The maximum Gasteiger partial charge on any atom is 0.333 e. The Kier molecular flexibility index (Phi) is 8.50. The van der Waals surface area contributed by atoms with Crippen molar-refractivity contribution in [2.75, 3.05) is 14.2 Å². The number of ether oxygens (including phenoxy) is 2. The standard InChI is InChI=1S/C28H40O7Si/c1-8-36(9-2,10-3)35-23-12-11-20(25(30)32-6)27(4)15-13-21(26(31)33-7)28(5,24(23)27)17-22(29)19-14-16-34-18-19/h11,13-14,16,18,23-24H,8-10,12,15,17H2,1-7H3/t23-,24-,27-,28-/m0/s1. The highest BCUT2D eigenvalue weighted by atomic mass is 28.4. The van der Waals surface area contributed by atoms with E-state index < -0.39 is 25.1 Å². The molecule has 0 radical (unpaired) electrons. The molecule has 0 saturated heterocycles. The number of carbonyl (C=O) groups excluding carboxylic acids is 3. The van der Waals surface area contributed by atoms with E-state index in [0.29, 0.717) is 29.6 Å². The molecule has 0 aromatic carbocycles. The fraction of sp³-hybridized carbons (Fsp3) is 0.607. The summed E-state index contributed by atoms with van der Waals surface area (Å²) < 4.78 is 22.6. The van der Waals surface area contributed by atoms with Crippen LogP contribution in [0.5, 0.6) is 0 Å². The molecule has 0 N–H and O–H groups in total. The van der Waals surface area contributed by atoms with Gasteiger partial charge in [0.15, 0.2) is 14.1 Å². The zero-order valence-electron chi connectivity index (χ0n) is 22.6. The fourth-order valence-electron chi connectivity index (χ4n) is 6.60. The van der Waals surface area contributed by atoms with E-state index in [1.807, 2.05) is 26.0 Å². The van der Waals surface area contributed by atoms with E-state index >= 15 is 0 Å². The Balaban J connectivity index is 2.22. The number of rotatable bonds is 10. The topological polar surface area (TPSA) is 92.0 Å². The third kappa shape index (κ3) is 4.77. The zero-order valence-corrected chi connectivity index (χ0v) is 23.6. The molecule has 0 amide bonds. The average molecular weight is 517 g/mol. The molecular weight excluding hydrogens is 476 g/mol. The fourth-order valence-corrected chi connectivity index (χ4v) is 9.47. The lowest BCUT2D eigenvalue weighted by Crippen LogP contribution is -2.58. The third-order valence-corrected chi connectivity index (χ3v) is 13.4. The first kappa shape index (κ1) is 28.1. The lowest BCUT2D eigenvalue weighted by Gasteiger charge is -2.57. The Labute approximate surface area is 215 Å². The van der Waals surface area contributed by atoms with Crippen LogP contribution in [-0.2, 0) is 23.5 Å². The zero-order chi connectivity index (χ0) is 26.7. The molecule has 0 aliphatic heterocycles. The molecule has 1 aromatic heterocycles. The van der Waals surface area contributed by atoms with Gasteiger partial charge in [0.1, 0.15) is 6.26 Å². The van der Waals surface area contributed by atoms with Gasteiger partial charge < -0.3 is 18.3 Å². The van der Waals surface area contributed by atoms with E-state index in [9.17, 15) is 14.4 Å². The Hall–Kier alpha value is -2.45. The summed E-state index contributed by atoms with van der Waals surface area (Å²) >= 11 is 0. The van der Waals surface area contributed by atoms with Crippen molar-refractivity contribution in [2.24, 2.45) is 16.7 Å². The SMILES string of the molecule is CC[Si](CC)(CC)O[C@H]1CC=C(C(=O)OC)[C@]2(C)CC=C(C(=O)OC)[C@](C)(CC(=O)c3ccoc3)[C@@H]12. The molecule has 0 unspecified atom stereocenters. The quantitative estimate of drug-likeness (QED) is 0.218. The van der Waals surface area contributed by atoms with Crippen molar-refractivity contribution in [3.05, 3.63) is 47.5 Å². The Morgan fingerprint density at radius 2 is 1.61 bits per heavy atom. The van der Waals surface area contributed by atoms with Crippen LogP contribution in [0.3, 0.4) is 0 Å². The normalized spacial score (nSPS) is 28.0. The van der Waals surface area contributed by atoms with Gasteiger partial charge in [-0.25, -0.2) is 9.59 Å². The van der Waals surface area contributed by atoms with E-state index in [1.165, 1.54) is 26.7 Å². The van der Waals surface area contributed by atoms with Crippen LogP contribution in [0.4, 0.5) is 0 Å². The lowest BCUT2D eigenvalue weighted by molar-refractivity contribution is -0.141. The van der Waals surface area contributed by atoms with Gasteiger partial charge in [-0.15, -0.1) is 0 Å². The summed E-state index contributed by atoms with van der Waals surface area (Å²) in [5.74, 6) is -1.31. The number of fused-ring (bicyclic) bond motifs is 1. The molecular formula is C28H40O7Si. The van der Waals surface area contributed by atoms with Crippen LogP contribution in [0, 0.1) is 16.7 Å². The van der Waals surface area contributed by atoms with Crippen molar-refractivity contribution in [2.45, 2.75) is 78.1 Å². The van der Waals surface area contributed by atoms with Crippen molar-refractivity contribution in [1.82, 2.24) is 0 Å². The van der Waals surface area contributed by atoms with E-state index in [0.717, 1.165) is 18.1 Å².